The van der Waals surface area contributed by atoms with Gasteiger partial charge in [0.15, 0.2) is 11.5 Å². The normalized spacial score (nSPS) is 11.1. The molecule has 0 aromatic heterocycles. The third-order valence-corrected chi connectivity index (χ3v) is 2.05. The molecule has 1 rings (SSSR count). The molecule has 0 aliphatic heterocycles. The van der Waals surface area contributed by atoms with Gasteiger partial charge in [-0.1, -0.05) is 12.1 Å². The van der Waals surface area contributed by atoms with Gasteiger partial charge >= 0.3 is 0 Å². The van der Waals surface area contributed by atoms with E-state index in [-0.39, 0.29) is 18.4 Å². The minimum Gasteiger partial charge on any atom is -0.493 e. The third kappa shape index (κ3) is 3.15. The summed E-state index contributed by atoms with van der Waals surface area (Å²) < 4.78 is 10.3. The van der Waals surface area contributed by atoms with Crippen molar-refractivity contribution < 1.29 is 9.47 Å². The highest BCUT2D eigenvalue weighted by molar-refractivity contribution is 5.85. The van der Waals surface area contributed by atoms with Crippen LogP contribution in [0.3, 0.4) is 0 Å². The van der Waals surface area contributed by atoms with E-state index in [0.717, 1.165) is 5.56 Å². The molecule has 0 radical (unpaired) electrons. The topological polar surface area (TPSA) is 44.5 Å². The Kier molecular flexibility index (Phi) is 5.82. The van der Waals surface area contributed by atoms with E-state index in [4.69, 9.17) is 15.2 Å². The lowest BCUT2D eigenvalue weighted by atomic mass is 10.1. The van der Waals surface area contributed by atoms with Gasteiger partial charge in [0.2, 0.25) is 0 Å². The summed E-state index contributed by atoms with van der Waals surface area (Å²) in [6.45, 7) is 3.64. The molecular weight excluding hydrogens is 214 g/mol. The highest BCUT2D eigenvalue weighted by Crippen LogP contribution is 2.29. The van der Waals surface area contributed by atoms with Crippen molar-refractivity contribution in [3.63, 3.8) is 0 Å². The van der Waals surface area contributed by atoms with Crippen LogP contribution in [0, 0.1) is 0 Å². The van der Waals surface area contributed by atoms with Gasteiger partial charge in [-0.15, -0.1) is 19.0 Å². The molecule has 0 saturated heterocycles. The first kappa shape index (κ1) is 13.8. The van der Waals surface area contributed by atoms with Gasteiger partial charge in [0.25, 0.3) is 0 Å². The van der Waals surface area contributed by atoms with E-state index in [1.54, 1.807) is 20.3 Å². The first-order valence-corrected chi connectivity index (χ1v) is 4.33. The summed E-state index contributed by atoms with van der Waals surface area (Å²) >= 11 is 0. The summed E-state index contributed by atoms with van der Waals surface area (Å²) in [4.78, 5) is 0. The van der Waals surface area contributed by atoms with Gasteiger partial charge in [0.05, 0.1) is 14.2 Å². The smallest absolute Gasteiger partial charge is 0.161 e. The molecule has 1 aromatic rings. The Morgan fingerprint density at radius 2 is 1.87 bits per heavy atom. The fourth-order valence-corrected chi connectivity index (χ4v) is 1.20. The maximum atomic E-state index is 5.79. The predicted octanol–water partition coefficient (Wildman–Crippen LogP) is 2.31. The number of nitrogens with two attached hydrogens (primary N) is 1. The molecule has 0 aliphatic carbocycles. The molecular formula is C11H16ClNO2. The third-order valence-electron chi connectivity index (χ3n) is 2.05. The minimum absolute atomic E-state index is 0. The zero-order valence-corrected chi connectivity index (χ0v) is 9.71. The molecule has 0 heterocycles. The van der Waals surface area contributed by atoms with Crippen LogP contribution in [-0.4, -0.2) is 14.2 Å². The number of benzene rings is 1. The van der Waals surface area contributed by atoms with Crippen molar-refractivity contribution in [2.45, 2.75) is 6.04 Å². The Balaban J connectivity index is 0.00000196. The Bertz CT molecular complexity index is 328. The minimum atomic E-state index is -0.171. The van der Waals surface area contributed by atoms with Crippen molar-refractivity contribution in [1.29, 1.82) is 0 Å². The van der Waals surface area contributed by atoms with Crippen LogP contribution < -0.4 is 15.2 Å². The van der Waals surface area contributed by atoms with Gasteiger partial charge in [-0.2, -0.15) is 0 Å². The summed E-state index contributed by atoms with van der Waals surface area (Å²) in [6, 6.07) is 5.41. The fourth-order valence-electron chi connectivity index (χ4n) is 1.20. The van der Waals surface area contributed by atoms with Crippen LogP contribution in [0.4, 0.5) is 0 Å². The van der Waals surface area contributed by atoms with Crippen LogP contribution in [0.2, 0.25) is 0 Å². The molecule has 0 unspecified atom stereocenters. The van der Waals surface area contributed by atoms with E-state index in [1.165, 1.54) is 0 Å². The van der Waals surface area contributed by atoms with Crippen molar-refractivity contribution >= 4 is 12.4 Å². The van der Waals surface area contributed by atoms with E-state index in [9.17, 15) is 0 Å². The maximum Gasteiger partial charge on any atom is 0.161 e. The molecule has 1 atom stereocenters. The van der Waals surface area contributed by atoms with Crippen molar-refractivity contribution in [3.8, 4) is 11.5 Å². The van der Waals surface area contributed by atoms with Gasteiger partial charge in [-0.25, -0.2) is 0 Å². The van der Waals surface area contributed by atoms with E-state index in [0.29, 0.717) is 11.5 Å². The van der Waals surface area contributed by atoms with Gasteiger partial charge in [-0.3, -0.25) is 0 Å². The molecule has 0 amide bonds. The maximum absolute atomic E-state index is 5.79. The lowest BCUT2D eigenvalue weighted by Gasteiger charge is -2.11. The summed E-state index contributed by atoms with van der Waals surface area (Å²) in [5, 5.41) is 0. The van der Waals surface area contributed by atoms with E-state index < -0.39 is 0 Å². The number of halogens is 1. The van der Waals surface area contributed by atoms with E-state index in [2.05, 4.69) is 6.58 Å². The van der Waals surface area contributed by atoms with Crippen LogP contribution in [0.1, 0.15) is 11.6 Å². The number of hydrogen-bond acceptors (Lipinski definition) is 3. The molecule has 3 nitrogen and oxygen atoms in total. The van der Waals surface area contributed by atoms with Gasteiger partial charge in [0, 0.05) is 6.04 Å². The van der Waals surface area contributed by atoms with Gasteiger partial charge in [-0.05, 0) is 17.7 Å². The molecule has 0 fully saturated rings. The molecule has 15 heavy (non-hydrogen) atoms. The van der Waals surface area contributed by atoms with Crippen molar-refractivity contribution in [3.05, 3.63) is 36.4 Å². The van der Waals surface area contributed by atoms with Crippen molar-refractivity contribution in [2.75, 3.05) is 14.2 Å². The van der Waals surface area contributed by atoms with E-state index >= 15 is 0 Å². The summed E-state index contributed by atoms with van der Waals surface area (Å²) in [5.41, 5.74) is 6.75. The van der Waals surface area contributed by atoms with Crippen LogP contribution in [0.25, 0.3) is 0 Å². The average molecular weight is 230 g/mol. The molecule has 0 aliphatic rings. The number of methoxy groups -OCH3 is 2. The Hall–Kier alpha value is -1.19. The van der Waals surface area contributed by atoms with Crippen LogP contribution in [-0.2, 0) is 0 Å². The first-order chi connectivity index (χ1) is 6.72. The second-order valence-electron chi connectivity index (χ2n) is 2.88. The summed E-state index contributed by atoms with van der Waals surface area (Å²) in [5.74, 6) is 1.38. The van der Waals surface area contributed by atoms with E-state index in [1.807, 2.05) is 18.2 Å². The first-order valence-electron chi connectivity index (χ1n) is 4.33. The fraction of sp³-hybridized carbons (Fsp3) is 0.273. The summed E-state index contributed by atoms with van der Waals surface area (Å²) in [6.07, 6.45) is 1.68. The SMILES string of the molecule is C=C[C@H](N)c1ccc(OC)c(OC)c1.Cl. The van der Waals surface area contributed by atoms with Crippen LogP contribution in [0.15, 0.2) is 30.9 Å². The highest BCUT2D eigenvalue weighted by atomic mass is 35.5. The molecule has 1 aromatic carbocycles. The number of hydrogen-bond donors (Lipinski definition) is 1. The molecule has 2 N–H and O–H groups in total. The summed E-state index contributed by atoms with van der Waals surface area (Å²) in [7, 11) is 3.20. The molecule has 4 heteroatoms. The van der Waals surface area contributed by atoms with Gasteiger partial charge in [0.1, 0.15) is 0 Å². The Morgan fingerprint density at radius 1 is 1.27 bits per heavy atom. The number of ether oxygens (including phenoxy) is 2. The predicted molar refractivity (Wildman–Crippen MR) is 63.9 cm³/mol. The largest absolute Gasteiger partial charge is 0.493 e. The highest BCUT2D eigenvalue weighted by Gasteiger charge is 2.07. The Labute approximate surface area is 96.3 Å². The average Bonchev–Trinajstić information content (AvgIpc) is 2.26. The standard InChI is InChI=1S/C11H15NO2.ClH/c1-4-9(12)8-5-6-10(13-2)11(7-8)14-3;/h4-7,9H,1,12H2,2-3H3;1H/t9-;/m0./s1. The zero-order valence-electron chi connectivity index (χ0n) is 8.90. The Morgan fingerprint density at radius 3 is 2.33 bits per heavy atom. The molecule has 84 valence electrons. The molecule has 0 saturated carbocycles. The lowest BCUT2D eigenvalue weighted by Crippen LogP contribution is -2.06. The van der Waals surface area contributed by atoms with Gasteiger partial charge < -0.3 is 15.2 Å². The lowest BCUT2D eigenvalue weighted by molar-refractivity contribution is 0.354. The van der Waals surface area contributed by atoms with Crippen molar-refractivity contribution in [2.24, 2.45) is 5.73 Å². The monoisotopic (exact) mass is 229 g/mol. The quantitative estimate of drug-likeness (QED) is 0.806. The van der Waals surface area contributed by atoms with Crippen molar-refractivity contribution in [1.82, 2.24) is 0 Å². The second kappa shape index (κ2) is 6.32. The second-order valence-corrected chi connectivity index (χ2v) is 2.88. The zero-order chi connectivity index (χ0) is 10.6. The number of rotatable bonds is 4. The molecule has 0 bridgehead atoms. The molecule has 0 spiro atoms. The van der Waals surface area contributed by atoms with Crippen LogP contribution >= 0.6 is 12.4 Å². The van der Waals surface area contributed by atoms with Crippen LogP contribution in [0.5, 0.6) is 11.5 Å².